The van der Waals surface area contributed by atoms with Crippen molar-refractivity contribution in [1.82, 2.24) is 9.55 Å². The molecule has 0 aliphatic heterocycles. The lowest BCUT2D eigenvalue weighted by Gasteiger charge is -2.10. The van der Waals surface area contributed by atoms with Crippen molar-refractivity contribution < 1.29 is 14.4 Å². The molecular formula is C11H12BFN2O2. The Morgan fingerprint density at radius 3 is 2.76 bits per heavy atom. The zero-order valence-electron chi connectivity index (χ0n) is 9.34. The molecule has 2 aromatic rings. The monoisotopic (exact) mass is 234 g/mol. The summed E-state index contributed by atoms with van der Waals surface area (Å²) in [6.45, 7) is 2.28. The van der Waals surface area contributed by atoms with Gasteiger partial charge in [0.15, 0.2) is 0 Å². The van der Waals surface area contributed by atoms with E-state index in [-0.39, 0.29) is 5.46 Å². The molecule has 0 fully saturated rings. The zero-order chi connectivity index (χ0) is 12.4. The molecule has 2 rings (SSSR count). The number of hydrogen-bond acceptors (Lipinski definition) is 3. The standard InChI is InChI=1S/C11H12BFN2O2/c1-8-14-4-5-15(8)7-9-2-3-10(13)6-11(9)12(16)17/h2-6,16-17H,7H2,1H3. The molecule has 0 atom stereocenters. The van der Waals surface area contributed by atoms with E-state index in [0.717, 1.165) is 11.9 Å². The lowest BCUT2D eigenvalue weighted by molar-refractivity contribution is 0.425. The number of rotatable bonds is 3. The van der Waals surface area contributed by atoms with Gasteiger partial charge >= 0.3 is 7.12 Å². The van der Waals surface area contributed by atoms with Crippen LogP contribution in [0.2, 0.25) is 0 Å². The SMILES string of the molecule is Cc1nccn1Cc1ccc(F)cc1B(O)O. The first kappa shape index (κ1) is 11.8. The smallest absolute Gasteiger partial charge is 0.423 e. The quantitative estimate of drug-likeness (QED) is 0.738. The zero-order valence-corrected chi connectivity index (χ0v) is 9.34. The van der Waals surface area contributed by atoms with E-state index in [0.29, 0.717) is 12.1 Å². The van der Waals surface area contributed by atoms with Crippen LogP contribution in [0.3, 0.4) is 0 Å². The third-order valence-corrected chi connectivity index (χ3v) is 2.65. The van der Waals surface area contributed by atoms with Gasteiger partial charge in [-0.15, -0.1) is 0 Å². The maximum Gasteiger partial charge on any atom is 0.488 e. The molecule has 1 aromatic heterocycles. The highest BCUT2D eigenvalue weighted by Gasteiger charge is 2.17. The van der Waals surface area contributed by atoms with Gasteiger partial charge in [-0.1, -0.05) is 6.07 Å². The Balaban J connectivity index is 2.36. The lowest BCUT2D eigenvalue weighted by atomic mass is 9.77. The Labute approximate surface area is 98.5 Å². The molecule has 0 aliphatic carbocycles. The fraction of sp³-hybridized carbons (Fsp3) is 0.182. The average molecular weight is 234 g/mol. The molecule has 0 saturated heterocycles. The van der Waals surface area contributed by atoms with Crippen LogP contribution in [-0.4, -0.2) is 26.7 Å². The molecule has 0 amide bonds. The van der Waals surface area contributed by atoms with E-state index in [2.05, 4.69) is 4.98 Å². The highest BCUT2D eigenvalue weighted by molar-refractivity contribution is 6.59. The van der Waals surface area contributed by atoms with Crippen LogP contribution in [0.4, 0.5) is 4.39 Å². The number of hydrogen-bond donors (Lipinski definition) is 2. The average Bonchev–Trinajstić information content (AvgIpc) is 2.67. The lowest BCUT2D eigenvalue weighted by Crippen LogP contribution is -2.34. The van der Waals surface area contributed by atoms with E-state index >= 15 is 0 Å². The van der Waals surface area contributed by atoms with Crippen LogP contribution in [0.1, 0.15) is 11.4 Å². The summed E-state index contributed by atoms with van der Waals surface area (Å²) < 4.78 is 14.9. The molecule has 0 saturated carbocycles. The van der Waals surface area contributed by atoms with Gasteiger partial charge in [-0.2, -0.15) is 0 Å². The molecule has 2 N–H and O–H groups in total. The minimum absolute atomic E-state index is 0.179. The van der Waals surface area contributed by atoms with Gasteiger partial charge in [-0.3, -0.25) is 0 Å². The van der Waals surface area contributed by atoms with Crippen molar-refractivity contribution in [3.05, 3.63) is 47.8 Å². The van der Waals surface area contributed by atoms with E-state index in [1.165, 1.54) is 6.07 Å². The maximum absolute atomic E-state index is 13.0. The number of nitrogens with zero attached hydrogens (tertiary/aromatic N) is 2. The Hall–Kier alpha value is -1.66. The molecule has 6 heteroatoms. The summed E-state index contributed by atoms with van der Waals surface area (Å²) in [6.07, 6.45) is 3.44. The molecule has 0 bridgehead atoms. The number of imidazole rings is 1. The van der Waals surface area contributed by atoms with E-state index in [9.17, 15) is 14.4 Å². The molecular weight excluding hydrogens is 222 g/mol. The van der Waals surface area contributed by atoms with Crippen molar-refractivity contribution in [3.8, 4) is 0 Å². The molecule has 88 valence electrons. The third kappa shape index (κ3) is 2.54. The topological polar surface area (TPSA) is 58.3 Å². The highest BCUT2D eigenvalue weighted by Crippen LogP contribution is 2.06. The Kier molecular flexibility index (Phi) is 3.26. The molecule has 4 nitrogen and oxygen atoms in total. The predicted molar refractivity (Wildman–Crippen MR) is 62.3 cm³/mol. The van der Waals surface area contributed by atoms with Gasteiger partial charge in [0.1, 0.15) is 11.6 Å². The van der Waals surface area contributed by atoms with Gasteiger partial charge in [-0.25, -0.2) is 9.37 Å². The normalized spacial score (nSPS) is 10.6. The van der Waals surface area contributed by atoms with Crippen molar-refractivity contribution in [3.63, 3.8) is 0 Å². The van der Waals surface area contributed by atoms with Gasteiger partial charge in [0.25, 0.3) is 0 Å². The van der Waals surface area contributed by atoms with Crippen LogP contribution >= 0.6 is 0 Å². The first-order valence-electron chi connectivity index (χ1n) is 5.20. The second-order valence-electron chi connectivity index (χ2n) is 3.82. The first-order chi connectivity index (χ1) is 8.08. The summed E-state index contributed by atoms with van der Waals surface area (Å²) in [4.78, 5) is 4.07. The highest BCUT2D eigenvalue weighted by atomic mass is 19.1. The summed E-state index contributed by atoms with van der Waals surface area (Å²) in [5.41, 5.74) is 0.834. The minimum Gasteiger partial charge on any atom is -0.423 e. The van der Waals surface area contributed by atoms with Crippen molar-refractivity contribution in [2.45, 2.75) is 13.5 Å². The van der Waals surface area contributed by atoms with E-state index < -0.39 is 12.9 Å². The van der Waals surface area contributed by atoms with Gasteiger partial charge in [-0.05, 0) is 30.1 Å². The summed E-state index contributed by atoms with van der Waals surface area (Å²) in [7, 11) is -1.68. The largest absolute Gasteiger partial charge is 0.488 e. The fourth-order valence-electron chi connectivity index (χ4n) is 1.70. The van der Waals surface area contributed by atoms with Crippen LogP contribution in [0.25, 0.3) is 0 Å². The summed E-state index contributed by atoms with van der Waals surface area (Å²) in [5, 5.41) is 18.4. The van der Waals surface area contributed by atoms with Gasteiger partial charge in [0.05, 0.1) is 0 Å². The molecule has 1 heterocycles. The summed E-state index contributed by atoms with van der Waals surface area (Å²) >= 11 is 0. The van der Waals surface area contributed by atoms with Crippen LogP contribution < -0.4 is 5.46 Å². The molecule has 0 radical (unpaired) electrons. The Morgan fingerprint density at radius 2 is 2.18 bits per heavy atom. The summed E-state index contributed by atoms with van der Waals surface area (Å²) in [5.74, 6) is 0.326. The number of benzene rings is 1. The second kappa shape index (κ2) is 4.69. The van der Waals surface area contributed by atoms with Gasteiger partial charge < -0.3 is 14.6 Å². The Morgan fingerprint density at radius 1 is 1.41 bits per heavy atom. The molecule has 0 aliphatic rings. The maximum atomic E-state index is 13.0. The molecule has 0 spiro atoms. The van der Waals surface area contributed by atoms with Crippen molar-refractivity contribution in [2.75, 3.05) is 0 Å². The molecule has 0 unspecified atom stereocenters. The number of aryl methyl sites for hydroxylation is 1. The van der Waals surface area contributed by atoms with Crippen LogP contribution in [0.5, 0.6) is 0 Å². The van der Waals surface area contributed by atoms with Crippen molar-refractivity contribution >= 4 is 12.6 Å². The van der Waals surface area contributed by atoms with Crippen molar-refractivity contribution in [2.24, 2.45) is 0 Å². The first-order valence-corrected chi connectivity index (χ1v) is 5.20. The number of halogens is 1. The minimum atomic E-state index is -1.68. The fourth-order valence-corrected chi connectivity index (χ4v) is 1.70. The van der Waals surface area contributed by atoms with Gasteiger partial charge in [0, 0.05) is 18.9 Å². The van der Waals surface area contributed by atoms with E-state index in [4.69, 9.17) is 0 Å². The predicted octanol–water partition coefficient (Wildman–Crippen LogP) is 0.0587. The van der Waals surface area contributed by atoms with E-state index in [1.54, 1.807) is 18.5 Å². The van der Waals surface area contributed by atoms with Crippen LogP contribution in [0, 0.1) is 12.7 Å². The Bertz CT molecular complexity index is 528. The van der Waals surface area contributed by atoms with Crippen LogP contribution in [-0.2, 0) is 6.54 Å². The van der Waals surface area contributed by atoms with Crippen molar-refractivity contribution in [1.29, 1.82) is 0 Å². The number of aromatic nitrogens is 2. The second-order valence-corrected chi connectivity index (χ2v) is 3.82. The molecule has 17 heavy (non-hydrogen) atoms. The molecule has 1 aromatic carbocycles. The summed E-state index contributed by atoms with van der Waals surface area (Å²) in [6, 6.07) is 3.98. The van der Waals surface area contributed by atoms with Gasteiger partial charge in [0.2, 0.25) is 0 Å². The van der Waals surface area contributed by atoms with E-state index in [1.807, 2.05) is 11.5 Å². The van der Waals surface area contributed by atoms with Crippen LogP contribution in [0.15, 0.2) is 30.6 Å². The third-order valence-electron chi connectivity index (χ3n) is 2.65.